The lowest BCUT2D eigenvalue weighted by Gasteiger charge is -2.07. The molecule has 1 aromatic heterocycles. The third kappa shape index (κ3) is 2.83. The third-order valence-corrected chi connectivity index (χ3v) is 3.57. The van der Waals surface area contributed by atoms with Crippen LogP contribution in [-0.2, 0) is 6.61 Å². The fraction of sp³-hybridized carbons (Fsp3) is 0.250. The van der Waals surface area contributed by atoms with Gasteiger partial charge in [0.25, 0.3) is 0 Å². The Morgan fingerprint density at radius 1 is 1.38 bits per heavy atom. The Morgan fingerprint density at radius 3 is 2.81 bits per heavy atom. The molecule has 0 atom stereocenters. The summed E-state index contributed by atoms with van der Waals surface area (Å²) >= 11 is 5.13. The van der Waals surface area contributed by atoms with Crippen LogP contribution < -0.4 is 4.74 Å². The van der Waals surface area contributed by atoms with Crippen molar-refractivity contribution < 1.29 is 4.74 Å². The highest BCUT2D eigenvalue weighted by atomic mass is 79.9. The minimum atomic E-state index is 0.520. The maximum atomic E-state index is 5.69. The van der Waals surface area contributed by atoms with E-state index >= 15 is 0 Å². The smallest absolute Gasteiger partial charge is 0.134 e. The average molecular weight is 298 g/mol. The number of halogens is 1. The number of nitrogens with zero attached hydrogens (tertiary/aromatic N) is 1. The molecule has 1 heterocycles. The summed E-state index contributed by atoms with van der Waals surface area (Å²) in [5, 5.41) is 3.10. The molecule has 2 aromatic rings. The Morgan fingerprint density at radius 2 is 2.19 bits per heavy atom. The van der Waals surface area contributed by atoms with Gasteiger partial charge in [-0.25, -0.2) is 4.98 Å². The first-order valence-corrected chi connectivity index (χ1v) is 6.62. The molecule has 0 saturated carbocycles. The fourth-order valence-electron chi connectivity index (χ4n) is 1.35. The van der Waals surface area contributed by atoms with Crippen LogP contribution in [0.4, 0.5) is 0 Å². The minimum absolute atomic E-state index is 0.520. The highest BCUT2D eigenvalue weighted by Gasteiger charge is 2.03. The van der Waals surface area contributed by atoms with Gasteiger partial charge < -0.3 is 4.74 Å². The number of hydrogen-bond donors (Lipinski definition) is 0. The molecule has 84 valence electrons. The summed E-state index contributed by atoms with van der Waals surface area (Å²) in [5.41, 5.74) is 2.19. The Hall–Kier alpha value is -0.870. The molecule has 0 radical (unpaired) electrons. The van der Waals surface area contributed by atoms with E-state index < -0.39 is 0 Å². The highest BCUT2D eigenvalue weighted by Crippen LogP contribution is 2.26. The van der Waals surface area contributed by atoms with E-state index in [-0.39, 0.29) is 0 Å². The second-order valence-corrected chi connectivity index (χ2v) is 5.50. The van der Waals surface area contributed by atoms with E-state index in [4.69, 9.17) is 4.74 Å². The molecule has 0 unspecified atom stereocenters. The van der Waals surface area contributed by atoms with Crippen molar-refractivity contribution in [1.29, 1.82) is 0 Å². The SMILES string of the molecule is Cc1ccc(OCc2csc(C)n2)c(Br)c1. The molecule has 0 N–H and O–H groups in total. The van der Waals surface area contributed by atoms with E-state index in [2.05, 4.69) is 27.8 Å². The van der Waals surface area contributed by atoms with Crippen molar-refractivity contribution >= 4 is 27.3 Å². The van der Waals surface area contributed by atoms with Crippen molar-refractivity contribution in [2.24, 2.45) is 0 Å². The van der Waals surface area contributed by atoms with Crippen LogP contribution in [-0.4, -0.2) is 4.98 Å². The zero-order chi connectivity index (χ0) is 11.5. The Bertz CT molecular complexity index is 496. The predicted octanol–water partition coefficient (Wildman–Crippen LogP) is 4.10. The van der Waals surface area contributed by atoms with E-state index in [0.717, 1.165) is 20.9 Å². The minimum Gasteiger partial charge on any atom is -0.486 e. The Labute approximate surface area is 107 Å². The van der Waals surface area contributed by atoms with Crippen molar-refractivity contribution in [3.8, 4) is 5.75 Å². The monoisotopic (exact) mass is 297 g/mol. The number of benzene rings is 1. The van der Waals surface area contributed by atoms with Gasteiger partial charge in [0.2, 0.25) is 0 Å². The Kier molecular flexibility index (Phi) is 3.61. The molecule has 1 aromatic carbocycles. The molecular weight excluding hydrogens is 286 g/mol. The third-order valence-electron chi connectivity index (χ3n) is 2.13. The molecule has 16 heavy (non-hydrogen) atoms. The molecule has 0 aliphatic rings. The van der Waals surface area contributed by atoms with Gasteiger partial charge in [-0.15, -0.1) is 11.3 Å². The summed E-state index contributed by atoms with van der Waals surface area (Å²) in [6.45, 7) is 4.57. The molecule has 2 nitrogen and oxygen atoms in total. The van der Waals surface area contributed by atoms with E-state index in [1.165, 1.54) is 5.56 Å². The first-order valence-electron chi connectivity index (χ1n) is 4.95. The van der Waals surface area contributed by atoms with E-state index in [0.29, 0.717) is 6.61 Å². The normalized spacial score (nSPS) is 10.4. The summed E-state index contributed by atoms with van der Waals surface area (Å²) in [4.78, 5) is 4.35. The molecule has 0 bridgehead atoms. The van der Waals surface area contributed by atoms with Crippen LogP contribution in [0.3, 0.4) is 0 Å². The number of ether oxygens (including phenoxy) is 1. The number of thiazole rings is 1. The van der Waals surface area contributed by atoms with Crippen molar-refractivity contribution in [3.05, 3.63) is 44.3 Å². The lowest BCUT2D eigenvalue weighted by atomic mass is 10.2. The van der Waals surface area contributed by atoms with Gasteiger partial charge in [0.15, 0.2) is 0 Å². The summed E-state index contributed by atoms with van der Waals surface area (Å²) < 4.78 is 6.67. The standard InChI is InChI=1S/C12H12BrNOS/c1-8-3-4-12(11(13)5-8)15-6-10-7-16-9(2)14-10/h3-5,7H,6H2,1-2H3. The van der Waals surface area contributed by atoms with E-state index in [1.807, 2.05) is 30.5 Å². The van der Waals surface area contributed by atoms with Crippen molar-refractivity contribution in [3.63, 3.8) is 0 Å². The van der Waals surface area contributed by atoms with E-state index in [1.54, 1.807) is 11.3 Å². The average Bonchev–Trinajstić information content (AvgIpc) is 2.63. The fourth-order valence-corrected chi connectivity index (χ4v) is 2.55. The van der Waals surface area contributed by atoms with Crippen LogP contribution in [0.15, 0.2) is 28.1 Å². The van der Waals surface area contributed by atoms with Crippen LogP contribution >= 0.6 is 27.3 Å². The number of aryl methyl sites for hydroxylation is 2. The lowest BCUT2D eigenvalue weighted by Crippen LogP contribution is -1.96. The van der Waals surface area contributed by atoms with Crippen molar-refractivity contribution in [2.45, 2.75) is 20.5 Å². The Balaban J connectivity index is 2.04. The maximum Gasteiger partial charge on any atom is 0.134 e. The summed E-state index contributed by atoms with van der Waals surface area (Å²) in [6.07, 6.45) is 0. The van der Waals surface area contributed by atoms with Crippen LogP contribution in [0.25, 0.3) is 0 Å². The molecule has 4 heteroatoms. The van der Waals surface area contributed by atoms with Gasteiger partial charge in [-0.2, -0.15) is 0 Å². The second kappa shape index (κ2) is 4.97. The number of aromatic nitrogens is 1. The topological polar surface area (TPSA) is 22.1 Å². The largest absolute Gasteiger partial charge is 0.486 e. The van der Waals surface area contributed by atoms with Crippen LogP contribution in [0.2, 0.25) is 0 Å². The maximum absolute atomic E-state index is 5.69. The first-order chi connectivity index (χ1) is 7.65. The molecule has 0 spiro atoms. The second-order valence-electron chi connectivity index (χ2n) is 3.58. The van der Waals surface area contributed by atoms with Crippen LogP contribution in [0, 0.1) is 13.8 Å². The number of hydrogen-bond acceptors (Lipinski definition) is 3. The number of rotatable bonds is 3. The lowest BCUT2D eigenvalue weighted by molar-refractivity contribution is 0.300. The zero-order valence-corrected chi connectivity index (χ0v) is 11.6. The van der Waals surface area contributed by atoms with Crippen molar-refractivity contribution in [2.75, 3.05) is 0 Å². The first kappa shape index (κ1) is 11.6. The highest BCUT2D eigenvalue weighted by molar-refractivity contribution is 9.10. The van der Waals surface area contributed by atoms with Crippen molar-refractivity contribution in [1.82, 2.24) is 4.98 Å². The van der Waals surface area contributed by atoms with Gasteiger partial charge in [-0.05, 0) is 47.5 Å². The van der Waals surface area contributed by atoms with Gasteiger partial charge in [0, 0.05) is 5.38 Å². The van der Waals surface area contributed by atoms with Gasteiger partial charge >= 0.3 is 0 Å². The molecule has 0 amide bonds. The summed E-state index contributed by atoms with van der Waals surface area (Å²) in [6, 6.07) is 6.05. The van der Waals surface area contributed by atoms with Gasteiger partial charge in [0.05, 0.1) is 15.2 Å². The van der Waals surface area contributed by atoms with E-state index in [9.17, 15) is 0 Å². The van der Waals surface area contributed by atoms with Gasteiger partial charge in [0.1, 0.15) is 12.4 Å². The van der Waals surface area contributed by atoms with Crippen LogP contribution in [0.5, 0.6) is 5.75 Å². The predicted molar refractivity (Wildman–Crippen MR) is 70.1 cm³/mol. The van der Waals surface area contributed by atoms with Gasteiger partial charge in [-0.1, -0.05) is 6.07 Å². The van der Waals surface area contributed by atoms with Gasteiger partial charge in [-0.3, -0.25) is 0 Å². The molecule has 0 fully saturated rings. The molecular formula is C12H12BrNOS. The van der Waals surface area contributed by atoms with Crippen LogP contribution in [0.1, 0.15) is 16.3 Å². The zero-order valence-electron chi connectivity index (χ0n) is 9.16. The molecule has 2 rings (SSSR count). The summed E-state index contributed by atoms with van der Waals surface area (Å²) in [5.74, 6) is 0.858. The molecule has 0 aliphatic carbocycles. The summed E-state index contributed by atoms with van der Waals surface area (Å²) in [7, 11) is 0. The molecule has 0 aliphatic heterocycles. The molecule has 0 saturated heterocycles. The quantitative estimate of drug-likeness (QED) is 0.851.